The fraction of sp³-hybridized carbons (Fsp3) is 0.909. The van der Waals surface area contributed by atoms with Gasteiger partial charge in [-0.1, -0.05) is 0 Å². The van der Waals surface area contributed by atoms with Crippen LogP contribution in [0.4, 0.5) is 9.59 Å². The molecule has 0 bridgehead atoms. The topological polar surface area (TPSA) is 106 Å². The molecule has 0 aliphatic carbocycles. The predicted molar refractivity (Wildman–Crippen MR) is 120 cm³/mol. The molecule has 2 rings (SSSR count). The van der Waals surface area contributed by atoms with Crippen molar-refractivity contribution < 1.29 is 29.5 Å². The van der Waals surface area contributed by atoms with Crippen molar-refractivity contribution in [3.8, 4) is 0 Å². The summed E-state index contributed by atoms with van der Waals surface area (Å²) in [4.78, 5) is 36.4. The summed E-state index contributed by atoms with van der Waals surface area (Å²) in [5, 5.41) is 26.3. The van der Waals surface area contributed by atoms with E-state index in [1.54, 1.807) is 14.2 Å². The van der Waals surface area contributed by atoms with Crippen molar-refractivity contribution in [3.05, 3.63) is 0 Å². The van der Waals surface area contributed by atoms with Crippen LogP contribution in [-0.4, -0.2) is 91.0 Å². The number of nitrogens with zero attached hydrogens (tertiary/aromatic N) is 4. The summed E-state index contributed by atoms with van der Waals surface area (Å²) >= 11 is 0. The average molecular weight is 459 g/mol. The van der Waals surface area contributed by atoms with E-state index in [9.17, 15) is 19.8 Å². The van der Waals surface area contributed by atoms with Crippen LogP contribution in [0.1, 0.15) is 81.1 Å². The summed E-state index contributed by atoms with van der Waals surface area (Å²) < 4.78 is 0. The van der Waals surface area contributed by atoms with Gasteiger partial charge in [-0.15, -0.1) is 0 Å². The second kappa shape index (κ2) is 8.62. The van der Waals surface area contributed by atoms with E-state index in [-0.39, 0.29) is 0 Å². The summed E-state index contributed by atoms with van der Waals surface area (Å²) in [5.41, 5.74) is -1.96. The zero-order valence-electron chi connectivity index (χ0n) is 21.3. The molecule has 0 aromatic rings. The minimum atomic E-state index is -1.26. The minimum Gasteiger partial charge on any atom is -0.464 e. The van der Waals surface area contributed by atoms with Gasteiger partial charge in [0.2, 0.25) is 0 Å². The molecule has 2 N–H and O–H groups in total. The van der Waals surface area contributed by atoms with Crippen molar-refractivity contribution in [1.29, 1.82) is 0 Å². The molecule has 2 aliphatic heterocycles. The molecule has 186 valence electrons. The molecular formula is C22H42N4O6. The summed E-state index contributed by atoms with van der Waals surface area (Å²) in [7, 11) is 3.21. The van der Waals surface area contributed by atoms with E-state index in [2.05, 4.69) is 0 Å². The SMILES string of the molecule is CON1C(C)(C)CC(N(C(=O)O)N(C(=O)O)C2CC(C)(C)N(OC)C(C)(C)C2)CC1(C)C. The Bertz CT molecular complexity index is 627. The van der Waals surface area contributed by atoms with E-state index >= 15 is 0 Å². The molecule has 0 aromatic carbocycles. The second-order valence-corrected chi connectivity index (χ2v) is 11.6. The van der Waals surface area contributed by atoms with Gasteiger partial charge in [0.05, 0.1) is 26.3 Å². The van der Waals surface area contributed by atoms with Crippen LogP contribution in [0.3, 0.4) is 0 Å². The lowest BCUT2D eigenvalue weighted by Gasteiger charge is -2.58. The Morgan fingerprint density at radius 3 is 1.03 bits per heavy atom. The lowest BCUT2D eigenvalue weighted by molar-refractivity contribution is -0.285. The van der Waals surface area contributed by atoms with Gasteiger partial charge in [-0.25, -0.2) is 19.6 Å². The predicted octanol–water partition coefficient (Wildman–Crippen LogP) is 4.03. The van der Waals surface area contributed by atoms with Crippen molar-refractivity contribution in [2.75, 3.05) is 14.2 Å². The monoisotopic (exact) mass is 458 g/mol. The van der Waals surface area contributed by atoms with E-state index in [1.807, 2.05) is 65.5 Å². The van der Waals surface area contributed by atoms with Gasteiger partial charge in [0, 0.05) is 22.2 Å². The third-order valence-electron chi connectivity index (χ3n) is 6.82. The first-order valence-electron chi connectivity index (χ1n) is 11.1. The van der Waals surface area contributed by atoms with Crippen molar-refractivity contribution in [2.45, 2.75) is 115 Å². The molecule has 2 amide bonds. The molecule has 0 spiro atoms. The van der Waals surface area contributed by atoms with E-state index < -0.39 is 46.4 Å². The molecule has 0 saturated carbocycles. The highest BCUT2D eigenvalue weighted by molar-refractivity contribution is 5.72. The average Bonchev–Trinajstić information content (AvgIpc) is 2.54. The van der Waals surface area contributed by atoms with Gasteiger partial charge >= 0.3 is 12.2 Å². The second-order valence-electron chi connectivity index (χ2n) is 11.6. The third kappa shape index (κ3) is 4.83. The quantitative estimate of drug-likeness (QED) is 0.608. The standard InChI is InChI=1S/C22H42N4O6/c1-19(2)11-15(12-20(3,4)25(19)31-9)23(17(27)28)24(18(29)30)16-13-21(5,6)26(32-10)22(7,8)14-16/h15-16H,11-14H2,1-10H3,(H,27,28)(H,29,30). The molecule has 2 heterocycles. The van der Waals surface area contributed by atoms with E-state index in [0.29, 0.717) is 25.7 Å². The van der Waals surface area contributed by atoms with Crippen molar-refractivity contribution in [3.63, 3.8) is 0 Å². The normalized spacial score (nSPS) is 25.9. The molecule has 0 radical (unpaired) electrons. The largest absolute Gasteiger partial charge is 0.464 e. The van der Waals surface area contributed by atoms with Crippen molar-refractivity contribution in [2.24, 2.45) is 0 Å². The third-order valence-corrected chi connectivity index (χ3v) is 6.82. The van der Waals surface area contributed by atoms with Gasteiger partial charge in [-0.3, -0.25) is 0 Å². The Hall–Kier alpha value is -1.62. The number of carbonyl (C=O) groups is 2. The Morgan fingerprint density at radius 1 is 0.656 bits per heavy atom. The molecule has 2 aliphatic rings. The molecule has 10 heteroatoms. The van der Waals surface area contributed by atoms with Crippen molar-refractivity contribution >= 4 is 12.2 Å². The molecule has 10 nitrogen and oxygen atoms in total. The maximum atomic E-state index is 12.5. The highest BCUT2D eigenvalue weighted by Gasteiger charge is 2.54. The molecular weight excluding hydrogens is 416 g/mol. The highest BCUT2D eigenvalue weighted by Crippen LogP contribution is 2.44. The van der Waals surface area contributed by atoms with Crippen LogP contribution in [0.2, 0.25) is 0 Å². The first-order chi connectivity index (χ1) is 14.4. The zero-order chi connectivity index (χ0) is 24.9. The molecule has 0 atom stereocenters. The molecule has 2 saturated heterocycles. The van der Waals surface area contributed by atoms with Gasteiger partial charge in [-0.2, -0.15) is 10.1 Å². The molecule has 0 unspecified atom stereocenters. The summed E-state index contributed by atoms with van der Waals surface area (Å²) in [6, 6.07) is -1.04. The van der Waals surface area contributed by atoms with E-state index in [1.165, 1.54) is 0 Å². The Balaban J connectivity index is 2.48. The van der Waals surface area contributed by atoms with Crippen LogP contribution in [-0.2, 0) is 9.68 Å². The lowest BCUT2D eigenvalue weighted by Crippen LogP contribution is -2.70. The number of hydroxylamine groups is 4. The molecule has 32 heavy (non-hydrogen) atoms. The van der Waals surface area contributed by atoms with Crippen LogP contribution < -0.4 is 0 Å². The number of hydrogen-bond donors (Lipinski definition) is 2. The van der Waals surface area contributed by atoms with Gasteiger partial charge in [0.15, 0.2) is 0 Å². The first kappa shape index (κ1) is 26.6. The number of hydrazine groups is 1. The zero-order valence-corrected chi connectivity index (χ0v) is 21.3. The van der Waals surface area contributed by atoms with Crippen molar-refractivity contribution in [1.82, 2.24) is 20.1 Å². The number of amides is 2. The summed E-state index contributed by atoms with van der Waals surface area (Å²) in [6.07, 6.45) is -0.790. The summed E-state index contributed by atoms with van der Waals surface area (Å²) in [5.74, 6) is 0. The molecule has 0 aromatic heterocycles. The fourth-order valence-corrected chi connectivity index (χ4v) is 6.60. The maximum Gasteiger partial charge on any atom is 0.426 e. The Morgan fingerprint density at radius 2 is 0.875 bits per heavy atom. The maximum absolute atomic E-state index is 12.5. The number of rotatable bonds is 4. The van der Waals surface area contributed by atoms with Crippen LogP contribution in [0.5, 0.6) is 0 Å². The van der Waals surface area contributed by atoms with Crippen LogP contribution in [0, 0.1) is 0 Å². The van der Waals surface area contributed by atoms with Gasteiger partial charge in [0.25, 0.3) is 0 Å². The van der Waals surface area contributed by atoms with E-state index in [0.717, 1.165) is 10.0 Å². The lowest BCUT2D eigenvalue weighted by atomic mass is 9.77. The minimum absolute atomic E-state index is 0.435. The van der Waals surface area contributed by atoms with Gasteiger partial charge < -0.3 is 19.9 Å². The summed E-state index contributed by atoms with van der Waals surface area (Å²) in [6.45, 7) is 15.9. The first-order valence-corrected chi connectivity index (χ1v) is 11.1. The van der Waals surface area contributed by atoms with E-state index in [4.69, 9.17) is 9.68 Å². The van der Waals surface area contributed by atoms with Crippen LogP contribution >= 0.6 is 0 Å². The fourth-order valence-electron chi connectivity index (χ4n) is 6.60. The smallest absolute Gasteiger partial charge is 0.426 e. The highest BCUT2D eigenvalue weighted by atomic mass is 16.7. The van der Waals surface area contributed by atoms with Gasteiger partial charge in [-0.05, 0) is 81.1 Å². The van der Waals surface area contributed by atoms with Crippen LogP contribution in [0.25, 0.3) is 0 Å². The van der Waals surface area contributed by atoms with Crippen LogP contribution in [0.15, 0.2) is 0 Å². The number of hydrogen-bond acceptors (Lipinski definition) is 6. The van der Waals surface area contributed by atoms with Gasteiger partial charge in [0.1, 0.15) is 0 Å². The number of carboxylic acid groups (broad SMARTS) is 2. The molecule has 2 fully saturated rings. The number of piperidine rings is 2. The Kier molecular flexibility index (Phi) is 7.18. The Labute approximate surface area is 191 Å².